The van der Waals surface area contributed by atoms with E-state index in [4.69, 9.17) is 4.74 Å². The van der Waals surface area contributed by atoms with Crippen molar-refractivity contribution >= 4 is 23.5 Å². The van der Waals surface area contributed by atoms with Crippen molar-refractivity contribution in [2.24, 2.45) is 11.8 Å². The van der Waals surface area contributed by atoms with Crippen LogP contribution in [0, 0.1) is 17.7 Å². The molecule has 27 heavy (non-hydrogen) atoms. The topological polar surface area (TPSA) is 63.7 Å². The smallest absolute Gasteiger partial charge is 0.346 e. The molecule has 1 saturated heterocycles. The van der Waals surface area contributed by atoms with E-state index >= 15 is 0 Å². The van der Waals surface area contributed by atoms with Gasteiger partial charge in [-0.1, -0.05) is 37.1 Å². The number of hydrogen-bond donors (Lipinski definition) is 0. The number of hydrogen-bond acceptors (Lipinski definition) is 4. The van der Waals surface area contributed by atoms with E-state index in [1.54, 1.807) is 18.2 Å². The summed E-state index contributed by atoms with van der Waals surface area (Å²) in [4.78, 5) is 39.1. The Kier molecular flexibility index (Phi) is 4.48. The molecule has 5 nitrogen and oxygen atoms in total. The highest BCUT2D eigenvalue weighted by Gasteiger charge is 2.49. The van der Waals surface area contributed by atoms with Crippen LogP contribution in [0.15, 0.2) is 48.5 Å². The van der Waals surface area contributed by atoms with Gasteiger partial charge in [0.05, 0.1) is 23.1 Å². The Bertz CT molecular complexity index is 902. The zero-order valence-corrected chi connectivity index (χ0v) is 14.6. The molecule has 0 aromatic heterocycles. The van der Waals surface area contributed by atoms with Gasteiger partial charge >= 0.3 is 5.97 Å². The fraction of sp³-hybridized carbons (Fsp3) is 0.286. The second kappa shape index (κ2) is 6.95. The van der Waals surface area contributed by atoms with Gasteiger partial charge < -0.3 is 4.74 Å². The molecule has 2 aliphatic rings. The number of imide groups is 1. The average molecular weight is 367 g/mol. The molecule has 2 aromatic carbocycles. The van der Waals surface area contributed by atoms with Crippen LogP contribution in [0.3, 0.4) is 0 Å². The van der Waals surface area contributed by atoms with Gasteiger partial charge in [0.15, 0.2) is 5.75 Å². The minimum Gasteiger partial charge on any atom is -0.421 e. The molecule has 138 valence electrons. The minimum absolute atomic E-state index is 0.0612. The Morgan fingerprint density at radius 3 is 2.19 bits per heavy atom. The molecule has 0 N–H and O–H groups in total. The SMILES string of the molecule is O=C(Oc1ccccc1N1C(=O)[C@@H]2CCCC[C@H]2C1=O)c1ccccc1F. The molecule has 6 heteroatoms. The standard InChI is InChI=1S/C21H18FNO4/c22-16-10-4-3-9-15(16)21(26)27-18-12-6-5-11-17(18)23-19(24)13-7-1-2-8-14(13)20(23)25/h3-6,9-14H,1-2,7-8H2/t13-,14-/m1/s1. The highest BCUT2D eigenvalue weighted by atomic mass is 19.1. The first-order valence-corrected chi connectivity index (χ1v) is 9.01. The highest BCUT2D eigenvalue weighted by Crippen LogP contribution is 2.42. The number of rotatable bonds is 3. The van der Waals surface area contributed by atoms with E-state index < -0.39 is 11.8 Å². The van der Waals surface area contributed by atoms with E-state index in [1.165, 1.54) is 30.3 Å². The molecule has 1 heterocycles. The van der Waals surface area contributed by atoms with Crippen LogP contribution >= 0.6 is 0 Å². The first kappa shape index (κ1) is 17.4. The van der Waals surface area contributed by atoms with Crippen molar-refractivity contribution in [3.05, 3.63) is 59.9 Å². The summed E-state index contributed by atoms with van der Waals surface area (Å²) in [6.07, 6.45) is 3.25. The Morgan fingerprint density at radius 1 is 0.926 bits per heavy atom. The molecule has 1 saturated carbocycles. The van der Waals surface area contributed by atoms with E-state index in [2.05, 4.69) is 0 Å². The molecule has 0 radical (unpaired) electrons. The lowest BCUT2D eigenvalue weighted by molar-refractivity contribution is -0.122. The van der Waals surface area contributed by atoms with Crippen LogP contribution in [0.1, 0.15) is 36.0 Å². The summed E-state index contributed by atoms with van der Waals surface area (Å²) >= 11 is 0. The van der Waals surface area contributed by atoms with Crippen LogP contribution in [0.4, 0.5) is 10.1 Å². The summed E-state index contributed by atoms with van der Waals surface area (Å²) in [7, 11) is 0. The number of anilines is 1. The quantitative estimate of drug-likeness (QED) is 0.471. The van der Waals surface area contributed by atoms with Gasteiger partial charge in [0.2, 0.25) is 11.8 Å². The largest absolute Gasteiger partial charge is 0.421 e. The molecule has 4 rings (SSSR count). The third-order valence-corrected chi connectivity index (χ3v) is 5.24. The Labute approximate surface area is 155 Å². The number of halogens is 1. The van der Waals surface area contributed by atoms with Crippen molar-refractivity contribution in [1.82, 2.24) is 0 Å². The summed E-state index contributed by atoms with van der Waals surface area (Å²) in [6, 6.07) is 11.9. The predicted molar refractivity (Wildman–Crippen MR) is 95.7 cm³/mol. The number of benzene rings is 2. The summed E-state index contributed by atoms with van der Waals surface area (Å²) in [5, 5.41) is 0. The monoisotopic (exact) mass is 367 g/mol. The van der Waals surface area contributed by atoms with E-state index in [1.807, 2.05) is 0 Å². The third-order valence-electron chi connectivity index (χ3n) is 5.24. The van der Waals surface area contributed by atoms with Crippen LogP contribution in [0.2, 0.25) is 0 Å². The second-order valence-electron chi connectivity index (χ2n) is 6.85. The molecule has 2 amide bonds. The summed E-state index contributed by atoms with van der Waals surface area (Å²) in [5.41, 5.74) is 0.0200. The second-order valence-corrected chi connectivity index (χ2v) is 6.85. The maximum atomic E-state index is 13.8. The van der Waals surface area contributed by atoms with Crippen LogP contribution in [0.5, 0.6) is 5.75 Å². The van der Waals surface area contributed by atoms with E-state index in [9.17, 15) is 18.8 Å². The first-order valence-electron chi connectivity index (χ1n) is 9.01. The number of carbonyl (C=O) groups is 3. The van der Waals surface area contributed by atoms with Gasteiger partial charge in [0, 0.05) is 0 Å². The number of amides is 2. The van der Waals surface area contributed by atoms with Crippen LogP contribution in [0.25, 0.3) is 0 Å². The van der Waals surface area contributed by atoms with E-state index in [0.717, 1.165) is 17.7 Å². The molecule has 1 aliphatic heterocycles. The zero-order valence-electron chi connectivity index (χ0n) is 14.6. The Balaban J connectivity index is 1.66. The van der Waals surface area contributed by atoms with Crippen LogP contribution in [-0.2, 0) is 9.59 Å². The van der Waals surface area contributed by atoms with Gasteiger partial charge in [-0.2, -0.15) is 0 Å². The fourth-order valence-corrected chi connectivity index (χ4v) is 3.91. The lowest BCUT2D eigenvalue weighted by Crippen LogP contribution is -2.31. The van der Waals surface area contributed by atoms with Crippen molar-refractivity contribution in [2.45, 2.75) is 25.7 Å². The summed E-state index contributed by atoms with van der Waals surface area (Å²) in [6.45, 7) is 0. The van der Waals surface area contributed by atoms with Crippen molar-refractivity contribution in [3.63, 3.8) is 0 Å². The van der Waals surface area contributed by atoms with Gasteiger partial charge in [0.1, 0.15) is 5.82 Å². The van der Waals surface area contributed by atoms with Gasteiger partial charge in [-0.05, 0) is 37.1 Å². The summed E-state index contributed by atoms with van der Waals surface area (Å²) in [5.74, 6) is -2.62. The van der Waals surface area contributed by atoms with Gasteiger partial charge in [-0.15, -0.1) is 0 Å². The minimum atomic E-state index is -0.878. The van der Waals surface area contributed by atoms with Gasteiger partial charge in [-0.25, -0.2) is 14.1 Å². The van der Waals surface area contributed by atoms with Crippen molar-refractivity contribution in [3.8, 4) is 5.75 Å². The lowest BCUT2D eigenvalue weighted by Gasteiger charge is -2.19. The molecule has 2 atom stereocenters. The van der Waals surface area contributed by atoms with Crippen molar-refractivity contribution < 1.29 is 23.5 Å². The zero-order chi connectivity index (χ0) is 19.0. The number of fused-ring (bicyclic) bond motifs is 1. The molecule has 0 spiro atoms. The van der Waals surface area contributed by atoms with Gasteiger partial charge in [-0.3, -0.25) is 9.59 Å². The van der Waals surface area contributed by atoms with Crippen LogP contribution < -0.4 is 9.64 Å². The fourth-order valence-electron chi connectivity index (χ4n) is 3.91. The van der Waals surface area contributed by atoms with E-state index in [0.29, 0.717) is 12.8 Å². The highest BCUT2D eigenvalue weighted by molar-refractivity contribution is 6.22. The molecule has 0 unspecified atom stereocenters. The Morgan fingerprint density at radius 2 is 1.52 bits per heavy atom. The number of carbonyl (C=O) groups excluding carboxylic acids is 3. The third kappa shape index (κ3) is 3.01. The number of para-hydroxylation sites is 2. The number of ether oxygens (including phenoxy) is 1. The molecule has 0 bridgehead atoms. The van der Waals surface area contributed by atoms with E-state index in [-0.39, 0.29) is 40.7 Å². The van der Waals surface area contributed by atoms with Gasteiger partial charge in [0.25, 0.3) is 0 Å². The maximum Gasteiger partial charge on any atom is 0.346 e. The first-order chi connectivity index (χ1) is 13.1. The normalized spacial score (nSPS) is 21.9. The lowest BCUT2D eigenvalue weighted by atomic mass is 9.81. The molecular formula is C21H18FNO4. The Hall–Kier alpha value is -3.02. The molecule has 1 aliphatic carbocycles. The van der Waals surface area contributed by atoms with Crippen LogP contribution in [-0.4, -0.2) is 17.8 Å². The summed E-state index contributed by atoms with van der Waals surface area (Å²) < 4.78 is 19.2. The molecule has 2 aromatic rings. The van der Waals surface area contributed by atoms with Crippen molar-refractivity contribution in [2.75, 3.05) is 4.90 Å². The van der Waals surface area contributed by atoms with Crippen molar-refractivity contribution in [1.29, 1.82) is 0 Å². The molecule has 2 fully saturated rings. The maximum absolute atomic E-state index is 13.8. The average Bonchev–Trinajstić information content (AvgIpc) is 2.94. The predicted octanol–water partition coefficient (Wildman–Crippen LogP) is 3.72. The molecular weight excluding hydrogens is 349 g/mol. The number of nitrogens with zero attached hydrogens (tertiary/aromatic N) is 1. The number of esters is 1.